The number of ether oxygens (including phenoxy) is 1. The molecule has 3 saturated heterocycles. The van der Waals surface area contributed by atoms with E-state index in [1.54, 1.807) is 18.2 Å². The largest absolute Gasteiger partial charge is 0.508 e. The molecule has 0 amide bonds. The number of fused-ring (bicyclic) bond motifs is 3. The Balaban J connectivity index is 1.34. The van der Waals surface area contributed by atoms with Gasteiger partial charge in [-0.3, -0.25) is 9.91 Å². The summed E-state index contributed by atoms with van der Waals surface area (Å²) in [4.78, 5) is 12.0. The lowest BCUT2D eigenvalue weighted by atomic mass is 9.92. The maximum Gasteiger partial charge on any atom is 0.319 e. The zero-order valence-corrected chi connectivity index (χ0v) is 24.0. The number of phenols is 1. The monoisotopic (exact) mass is 573 g/mol. The summed E-state index contributed by atoms with van der Waals surface area (Å²) in [5, 5.41) is 15.1. The van der Waals surface area contributed by atoms with Gasteiger partial charge in [-0.05, 0) is 96.4 Å². The second-order valence-electron chi connectivity index (χ2n) is 12.0. The van der Waals surface area contributed by atoms with Gasteiger partial charge >= 0.3 is 6.01 Å². The van der Waals surface area contributed by atoms with Gasteiger partial charge in [0.15, 0.2) is 5.82 Å². The molecule has 3 aliphatic rings. The number of hydrogen-bond acceptors (Lipinski definition) is 7. The van der Waals surface area contributed by atoms with Crippen LogP contribution in [0.5, 0.6) is 11.8 Å². The Labute approximate surface area is 244 Å². The highest BCUT2D eigenvalue weighted by Crippen LogP contribution is 2.41. The van der Waals surface area contributed by atoms with Crippen LogP contribution in [0.4, 0.5) is 14.6 Å². The Morgan fingerprint density at radius 2 is 1.98 bits per heavy atom. The van der Waals surface area contributed by atoms with E-state index >= 15 is 0 Å². The molecule has 2 N–H and O–H groups in total. The van der Waals surface area contributed by atoms with Crippen LogP contribution in [0.25, 0.3) is 32.8 Å². The fourth-order valence-electron chi connectivity index (χ4n) is 7.30. The lowest BCUT2D eigenvalue weighted by Crippen LogP contribution is -2.43. The minimum absolute atomic E-state index is 0.121. The zero-order valence-electron chi connectivity index (χ0n) is 24.0. The molecule has 7 rings (SSSR count). The average molecular weight is 574 g/mol. The molecule has 3 aliphatic heterocycles. The van der Waals surface area contributed by atoms with Crippen molar-refractivity contribution < 1.29 is 18.6 Å². The molecule has 0 spiro atoms. The maximum atomic E-state index is 14.9. The first-order valence-corrected chi connectivity index (χ1v) is 15.2. The number of halogens is 2. The van der Waals surface area contributed by atoms with E-state index in [1.807, 2.05) is 25.1 Å². The molecule has 0 radical (unpaired) electrons. The minimum atomic E-state index is -0.833. The van der Waals surface area contributed by atoms with Crippen LogP contribution in [0, 0.1) is 5.82 Å². The van der Waals surface area contributed by atoms with E-state index in [-0.39, 0.29) is 23.1 Å². The summed E-state index contributed by atoms with van der Waals surface area (Å²) in [6, 6.07) is 12.8. The third kappa shape index (κ3) is 4.82. The van der Waals surface area contributed by atoms with Gasteiger partial charge in [-0.2, -0.15) is 9.97 Å². The zero-order chi connectivity index (χ0) is 28.8. The lowest BCUT2D eigenvalue weighted by molar-refractivity contribution is 0.107. The number of phenolic OH excluding ortho intramolecular Hbond substituents is 1. The molecule has 4 heterocycles. The fourth-order valence-corrected chi connectivity index (χ4v) is 7.30. The molecule has 0 saturated carbocycles. The first-order chi connectivity index (χ1) is 20.4. The number of benzene rings is 3. The molecular formula is C33H37F2N5O2. The summed E-state index contributed by atoms with van der Waals surface area (Å²) < 4.78 is 35.6. The third-order valence-electron chi connectivity index (χ3n) is 9.32. The van der Waals surface area contributed by atoms with Crippen molar-refractivity contribution in [1.29, 1.82) is 0 Å². The van der Waals surface area contributed by atoms with Crippen LogP contribution in [-0.4, -0.2) is 64.5 Å². The molecule has 0 aliphatic carbocycles. The van der Waals surface area contributed by atoms with Crippen LogP contribution >= 0.6 is 0 Å². The molecule has 3 fully saturated rings. The lowest BCUT2D eigenvalue weighted by Gasteiger charge is -2.31. The van der Waals surface area contributed by atoms with Gasteiger partial charge in [-0.1, -0.05) is 25.5 Å². The molecule has 4 aromatic rings. The van der Waals surface area contributed by atoms with Gasteiger partial charge in [0, 0.05) is 31.4 Å². The number of aryl methyl sites for hydroxylation is 1. The van der Waals surface area contributed by atoms with E-state index in [0.717, 1.165) is 84.8 Å². The summed E-state index contributed by atoms with van der Waals surface area (Å²) >= 11 is 0. The fraction of sp³-hybridized carbons (Fsp3) is 0.455. The van der Waals surface area contributed by atoms with Crippen LogP contribution in [-0.2, 0) is 6.42 Å². The van der Waals surface area contributed by atoms with Crippen LogP contribution in [0.1, 0.15) is 51.0 Å². The molecular weight excluding hydrogens is 536 g/mol. The Morgan fingerprint density at radius 3 is 2.86 bits per heavy atom. The van der Waals surface area contributed by atoms with Gasteiger partial charge in [0.1, 0.15) is 24.3 Å². The minimum Gasteiger partial charge on any atom is -0.508 e. The van der Waals surface area contributed by atoms with Crippen LogP contribution in [0.3, 0.4) is 0 Å². The summed E-state index contributed by atoms with van der Waals surface area (Å²) in [6.45, 7) is 5.31. The SMILES string of the molecule is CCc1c(F)ccc2cc(O)cc(-c3ccc4c(N5CCCCCN5)nc(OC[C@@]56CCCN5C[C@H](F)C6)nc4c3)c12. The predicted octanol–water partition coefficient (Wildman–Crippen LogP) is 6.31. The Morgan fingerprint density at radius 1 is 1.07 bits per heavy atom. The van der Waals surface area contributed by atoms with E-state index < -0.39 is 6.17 Å². The summed E-state index contributed by atoms with van der Waals surface area (Å²) in [7, 11) is 0. The number of alkyl halides is 1. The van der Waals surface area contributed by atoms with E-state index in [0.29, 0.717) is 37.1 Å². The standard InChI is InChI=1S/C33H37F2N5O2/c1-2-25-28(35)10-8-22-15-24(41)17-27(30(22)25)21-7-9-26-29(16-21)37-32(38-31(26)40-14-5-3-4-12-36-40)42-20-33-11-6-13-39(33)19-23(34)18-33/h7-10,15-17,23,36,41H,2-6,11-14,18-20H2,1H3/t23-,33+/m1/s1. The number of rotatable bonds is 6. The number of nitrogens with one attached hydrogen (secondary N) is 1. The molecule has 3 aromatic carbocycles. The molecule has 220 valence electrons. The van der Waals surface area contributed by atoms with Crippen LogP contribution in [0.15, 0.2) is 42.5 Å². The normalized spacial score (nSPS) is 23.0. The average Bonchev–Trinajstić information content (AvgIpc) is 3.36. The van der Waals surface area contributed by atoms with Gasteiger partial charge in [0.05, 0.1) is 11.1 Å². The molecule has 1 aromatic heterocycles. The number of anilines is 1. The Kier molecular flexibility index (Phi) is 7.10. The molecule has 42 heavy (non-hydrogen) atoms. The summed E-state index contributed by atoms with van der Waals surface area (Å²) in [5.41, 5.74) is 6.09. The summed E-state index contributed by atoms with van der Waals surface area (Å²) in [6.07, 6.45) is 5.40. The van der Waals surface area contributed by atoms with Crippen molar-refractivity contribution in [1.82, 2.24) is 20.3 Å². The van der Waals surface area contributed by atoms with Crippen molar-refractivity contribution in [2.75, 3.05) is 37.8 Å². The van der Waals surface area contributed by atoms with Gasteiger partial charge in [-0.15, -0.1) is 0 Å². The number of aromatic nitrogens is 2. The van der Waals surface area contributed by atoms with Crippen molar-refractivity contribution in [3.05, 3.63) is 53.8 Å². The number of hydrazine groups is 1. The van der Waals surface area contributed by atoms with Crippen molar-refractivity contribution in [3.63, 3.8) is 0 Å². The van der Waals surface area contributed by atoms with Gasteiger partial charge in [-0.25, -0.2) is 14.2 Å². The first kappa shape index (κ1) is 27.3. The quantitative estimate of drug-likeness (QED) is 0.280. The van der Waals surface area contributed by atoms with Gasteiger partial charge in [0.25, 0.3) is 0 Å². The van der Waals surface area contributed by atoms with E-state index in [2.05, 4.69) is 15.3 Å². The number of nitrogens with zero attached hydrogens (tertiary/aromatic N) is 4. The highest BCUT2D eigenvalue weighted by atomic mass is 19.1. The second kappa shape index (κ2) is 10.9. The molecule has 0 bridgehead atoms. The summed E-state index contributed by atoms with van der Waals surface area (Å²) in [5.74, 6) is 0.614. The van der Waals surface area contributed by atoms with Crippen LogP contribution in [0.2, 0.25) is 0 Å². The smallest absolute Gasteiger partial charge is 0.319 e. The van der Waals surface area contributed by atoms with Crippen molar-refractivity contribution in [3.8, 4) is 22.9 Å². The Hall–Kier alpha value is -3.56. The second-order valence-corrected chi connectivity index (χ2v) is 12.0. The number of hydrogen-bond donors (Lipinski definition) is 2. The van der Waals surface area contributed by atoms with Crippen molar-refractivity contribution in [2.45, 2.75) is 63.6 Å². The highest BCUT2D eigenvalue weighted by molar-refractivity contribution is 6.02. The van der Waals surface area contributed by atoms with Crippen LogP contribution < -0.4 is 15.2 Å². The molecule has 7 nitrogen and oxygen atoms in total. The maximum absolute atomic E-state index is 14.9. The topological polar surface area (TPSA) is 73.8 Å². The van der Waals surface area contributed by atoms with Crippen molar-refractivity contribution in [2.24, 2.45) is 0 Å². The Bertz CT molecular complexity index is 1640. The third-order valence-corrected chi connectivity index (χ3v) is 9.32. The van der Waals surface area contributed by atoms with Gasteiger partial charge < -0.3 is 9.84 Å². The van der Waals surface area contributed by atoms with Gasteiger partial charge in [0.2, 0.25) is 0 Å². The number of aromatic hydroxyl groups is 1. The van der Waals surface area contributed by atoms with E-state index in [1.165, 1.54) is 6.07 Å². The van der Waals surface area contributed by atoms with Crippen molar-refractivity contribution >= 4 is 27.5 Å². The molecule has 2 atom stereocenters. The first-order valence-electron chi connectivity index (χ1n) is 15.2. The highest BCUT2D eigenvalue weighted by Gasteiger charge is 2.49. The van der Waals surface area contributed by atoms with E-state index in [9.17, 15) is 13.9 Å². The predicted molar refractivity (Wildman–Crippen MR) is 161 cm³/mol. The molecule has 9 heteroatoms. The molecule has 0 unspecified atom stereocenters. The van der Waals surface area contributed by atoms with E-state index in [4.69, 9.17) is 14.7 Å².